The van der Waals surface area contributed by atoms with Crippen molar-refractivity contribution in [3.05, 3.63) is 41.6 Å². The Balaban J connectivity index is 1.68. The third kappa shape index (κ3) is 3.76. The lowest BCUT2D eigenvalue weighted by Crippen LogP contribution is -2.41. The lowest BCUT2D eigenvalue weighted by molar-refractivity contribution is -0.173. The van der Waals surface area contributed by atoms with Crippen LogP contribution in [-0.4, -0.2) is 60.2 Å². The van der Waals surface area contributed by atoms with E-state index < -0.39 is 18.3 Å². The average molecular weight is 410 g/mol. The third-order valence-electron chi connectivity index (χ3n) is 5.29. The van der Waals surface area contributed by atoms with E-state index in [0.717, 1.165) is 4.68 Å². The first kappa shape index (κ1) is 19.6. The number of halogens is 3. The van der Waals surface area contributed by atoms with Crippen LogP contribution in [0.25, 0.3) is 0 Å². The normalized spacial score (nSPS) is 22.0. The van der Waals surface area contributed by atoms with Gasteiger partial charge < -0.3 is 19.7 Å². The van der Waals surface area contributed by atoms with Gasteiger partial charge in [-0.3, -0.25) is 4.79 Å². The second-order valence-corrected chi connectivity index (χ2v) is 7.02. The van der Waals surface area contributed by atoms with Crippen molar-refractivity contribution < 1.29 is 27.4 Å². The van der Waals surface area contributed by atoms with Gasteiger partial charge in [0, 0.05) is 19.5 Å². The Morgan fingerprint density at radius 1 is 1.24 bits per heavy atom. The van der Waals surface area contributed by atoms with Gasteiger partial charge in [-0.15, -0.1) is 0 Å². The summed E-state index contributed by atoms with van der Waals surface area (Å²) in [5.74, 6) is 0.361. The summed E-state index contributed by atoms with van der Waals surface area (Å²) in [6.45, 7) is 1.60. The van der Waals surface area contributed by atoms with Crippen LogP contribution in [0.2, 0.25) is 0 Å². The lowest BCUT2D eigenvalue weighted by atomic mass is 9.96. The van der Waals surface area contributed by atoms with Crippen molar-refractivity contribution in [2.24, 2.45) is 0 Å². The minimum absolute atomic E-state index is 0.0934. The van der Waals surface area contributed by atoms with Crippen LogP contribution in [0.1, 0.15) is 34.4 Å². The molecule has 0 saturated carbocycles. The number of nitrogens with zero attached hydrogens (tertiary/aromatic N) is 3. The molecular weight excluding hydrogens is 389 g/mol. The molecule has 2 aliphatic heterocycles. The summed E-state index contributed by atoms with van der Waals surface area (Å²) in [7, 11) is 1.52. The Labute approximate surface area is 165 Å². The molecule has 0 bridgehead atoms. The summed E-state index contributed by atoms with van der Waals surface area (Å²) in [4.78, 5) is 14.5. The number of benzene rings is 1. The molecule has 7 nitrogen and oxygen atoms in total. The van der Waals surface area contributed by atoms with E-state index in [1.165, 1.54) is 13.3 Å². The molecule has 0 unspecified atom stereocenters. The fourth-order valence-electron chi connectivity index (χ4n) is 3.71. The van der Waals surface area contributed by atoms with Crippen LogP contribution in [-0.2, 0) is 4.74 Å². The maximum atomic E-state index is 13.8. The van der Waals surface area contributed by atoms with Crippen molar-refractivity contribution in [2.75, 3.05) is 38.7 Å². The van der Waals surface area contributed by atoms with E-state index in [-0.39, 0.29) is 23.7 Å². The molecule has 2 atom stereocenters. The molecule has 1 N–H and O–H groups in total. The van der Waals surface area contributed by atoms with Gasteiger partial charge in [0.05, 0.1) is 32.6 Å². The van der Waals surface area contributed by atoms with Crippen LogP contribution in [0, 0.1) is 0 Å². The van der Waals surface area contributed by atoms with Crippen LogP contribution in [0.4, 0.5) is 19.0 Å². The fraction of sp³-hybridized carbons (Fsp3) is 0.474. The first-order chi connectivity index (χ1) is 13.9. The third-order valence-corrected chi connectivity index (χ3v) is 5.29. The number of aromatic nitrogens is 2. The van der Waals surface area contributed by atoms with E-state index in [4.69, 9.17) is 9.47 Å². The van der Waals surface area contributed by atoms with Crippen molar-refractivity contribution in [1.29, 1.82) is 0 Å². The molecule has 1 saturated heterocycles. The molecule has 1 fully saturated rings. The van der Waals surface area contributed by atoms with E-state index in [0.29, 0.717) is 37.6 Å². The van der Waals surface area contributed by atoms with Gasteiger partial charge in [-0.25, -0.2) is 4.68 Å². The van der Waals surface area contributed by atoms with E-state index in [9.17, 15) is 18.0 Å². The Morgan fingerprint density at radius 2 is 1.93 bits per heavy atom. The molecule has 4 rings (SSSR count). The summed E-state index contributed by atoms with van der Waals surface area (Å²) in [6, 6.07) is 4.40. The highest BCUT2D eigenvalue weighted by Gasteiger charge is 2.47. The Hall–Kier alpha value is -2.75. The molecule has 2 aliphatic rings. The number of morpholine rings is 1. The van der Waals surface area contributed by atoms with Crippen molar-refractivity contribution in [1.82, 2.24) is 14.7 Å². The summed E-state index contributed by atoms with van der Waals surface area (Å²) < 4.78 is 52.6. The summed E-state index contributed by atoms with van der Waals surface area (Å²) in [5, 5.41) is 7.01. The summed E-state index contributed by atoms with van der Waals surface area (Å²) >= 11 is 0. The zero-order valence-electron chi connectivity index (χ0n) is 15.8. The van der Waals surface area contributed by atoms with Gasteiger partial charge in [0.25, 0.3) is 5.91 Å². The molecule has 10 heteroatoms. The molecule has 156 valence electrons. The maximum Gasteiger partial charge on any atom is 0.410 e. The number of carbonyl (C=O) groups is 1. The number of fused-ring (bicyclic) bond motifs is 1. The number of carbonyl (C=O) groups excluding carboxylic acids is 1. The molecule has 29 heavy (non-hydrogen) atoms. The number of hydrogen-bond donors (Lipinski definition) is 1. The highest BCUT2D eigenvalue weighted by atomic mass is 19.4. The number of nitrogens with one attached hydrogen (secondary N) is 1. The first-order valence-electron chi connectivity index (χ1n) is 9.30. The zero-order valence-corrected chi connectivity index (χ0v) is 15.8. The number of rotatable bonds is 3. The predicted octanol–water partition coefficient (Wildman–Crippen LogP) is 3.02. The molecule has 3 heterocycles. The number of methoxy groups -OCH3 is 1. The molecule has 1 aromatic carbocycles. The molecule has 1 amide bonds. The van der Waals surface area contributed by atoms with Crippen LogP contribution in [0.5, 0.6) is 5.75 Å². The number of alkyl halides is 3. The fourth-order valence-corrected chi connectivity index (χ4v) is 3.71. The Bertz CT molecular complexity index is 876. The molecular formula is C19H21F3N4O3. The monoisotopic (exact) mass is 410 g/mol. The van der Waals surface area contributed by atoms with Gasteiger partial charge in [0.2, 0.25) is 0 Å². The highest BCUT2D eigenvalue weighted by Crippen LogP contribution is 2.44. The molecule has 2 aromatic rings. The van der Waals surface area contributed by atoms with Gasteiger partial charge in [-0.2, -0.15) is 18.3 Å². The second-order valence-electron chi connectivity index (χ2n) is 7.02. The number of ether oxygens (including phenoxy) is 2. The van der Waals surface area contributed by atoms with Gasteiger partial charge in [-0.05, 0) is 17.7 Å². The van der Waals surface area contributed by atoms with Crippen molar-refractivity contribution >= 4 is 11.7 Å². The summed E-state index contributed by atoms with van der Waals surface area (Å²) in [5.41, 5.74) is 0.816. The lowest BCUT2D eigenvalue weighted by Gasteiger charge is -2.34. The second kappa shape index (κ2) is 7.58. The quantitative estimate of drug-likeness (QED) is 0.843. The van der Waals surface area contributed by atoms with Crippen LogP contribution >= 0.6 is 0 Å². The van der Waals surface area contributed by atoms with E-state index in [1.54, 1.807) is 29.2 Å². The minimum Gasteiger partial charge on any atom is -0.497 e. The van der Waals surface area contributed by atoms with E-state index in [2.05, 4.69) is 10.4 Å². The average Bonchev–Trinajstić information content (AvgIpc) is 3.16. The first-order valence-corrected chi connectivity index (χ1v) is 9.30. The van der Waals surface area contributed by atoms with E-state index >= 15 is 0 Å². The van der Waals surface area contributed by atoms with Crippen LogP contribution in [0.3, 0.4) is 0 Å². The standard InChI is InChI=1S/C19H21F3N4O3/c1-28-13-4-2-12(3-5-13)15-10-16(19(20,21)22)26-17(24-15)14(11-23-26)18(27)25-6-8-29-9-7-25/h2-5,11,15-16,24H,6-10H2,1H3/t15-,16+/m1/s1. The number of anilines is 1. The SMILES string of the molecule is COc1ccc([C@H]2C[C@@H](C(F)(F)F)n3ncc(C(=O)N4CCOCC4)c3N2)cc1. The van der Waals surface area contributed by atoms with Gasteiger partial charge in [0.15, 0.2) is 6.04 Å². The zero-order chi connectivity index (χ0) is 20.6. The van der Waals surface area contributed by atoms with Gasteiger partial charge in [0.1, 0.15) is 17.1 Å². The maximum absolute atomic E-state index is 13.8. The minimum atomic E-state index is -4.49. The summed E-state index contributed by atoms with van der Waals surface area (Å²) in [6.07, 6.45) is -3.50. The highest BCUT2D eigenvalue weighted by molar-refractivity contribution is 5.99. The van der Waals surface area contributed by atoms with Crippen LogP contribution in [0.15, 0.2) is 30.5 Å². The number of hydrogen-bond acceptors (Lipinski definition) is 5. The topological polar surface area (TPSA) is 68.6 Å². The van der Waals surface area contributed by atoms with Gasteiger partial charge in [-0.1, -0.05) is 12.1 Å². The smallest absolute Gasteiger partial charge is 0.410 e. The van der Waals surface area contributed by atoms with Crippen molar-refractivity contribution in [3.8, 4) is 5.75 Å². The van der Waals surface area contributed by atoms with Crippen LogP contribution < -0.4 is 10.1 Å². The van der Waals surface area contributed by atoms with Crippen molar-refractivity contribution in [2.45, 2.75) is 24.7 Å². The number of amides is 1. The molecule has 0 radical (unpaired) electrons. The molecule has 1 aromatic heterocycles. The van der Waals surface area contributed by atoms with Gasteiger partial charge >= 0.3 is 6.18 Å². The Kier molecular flexibility index (Phi) is 5.12. The predicted molar refractivity (Wildman–Crippen MR) is 98.0 cm³/mol. The Morgan fingerprint density at radius 3 is 2.55 bits per heavy atom. The van der Waals surface area contributed by atoms with Crippen molar-refractivity contribution in [3.63, 3.8) is 0 Å². The molecule has 0 spiro atoms. The molecule has 0 aliphatic carbocycles. The largest absolute Gasteiger partial charge is 0.497 e. The van der Waals surface area contributed by atoms with E-state index in [1.807, 2.05) is 0 Å².